The Hall–Kier alpha value is -0.650. The lowest BCUT2D eigenvalue weighted by molar-refractivity contribution is -0.124. The number of nitrogens with zero attached hydrogens (tertiary/aromatic N) is 2. The third-order valence-electron chi connectivity index (χ3n) is 4.87. The maximum absolute atomic E-state index is 12.0. The summed E-state index contributed by atoms with van der Waals surface area (Å²) in [4.78, 5) is 16.5. The van der Waals surface area contributed by atoms with E-state index < -0.39 is 5.60 Å². The van der Waals surface area contributed by atoms with Gasteiger partial charge in [-0.3, -0.25) is 4.79 Å². The van der Waals surface area contributed by atoms with E-state index in [2.05, 4.69) is 29.2 Å². The summed E-state index contributed by atoms with van der Waals surface area (Å²) in [7, 11) is 4.17. The molecule has 2 N–H and O–H groups in total. The third-order valence-corrected chi connectivity index (χ3v) is 4.87. The van der Waals surface area contributed by atoms with Gasteiger partial charge in [0.1, 0.15) is 0 Å². The lowest BCUT2D eigenvalue weighted by atomic mass is 9.91. The van der Waals surface area contributed by atoms with Crippen LogP contribution in [0.15, 0.2) is 0 Å². The Morgan fingerprint density at radius 3 is 2.60 bits per heavy atom. The quantitative estimate of drug-likeness (QED) is 0.786. The van der Waals surface area contributed by atoms with E-state index in [1.54, 1.807) is 0 Å². The summed E-state index contributed by atoms with van der Waals surface area (Å²) in [6.07, 6.45) is 5.62. The van der Waals surface area contributed by atoms with Crippen molar-refractivity contribution >= 4 is 5.91 Å². The summed E-state index contributed by atoms with van der Waals surface area (Å²) in [5, 5.41) is 13.4. The molecule has 2 fully saturated rings. The maximum Gasteiger partial charge on any atom is 0.221 e. The fraction of sp³-hybridized carbons (Fsp3) is 0.933. The average molecular weight is 283 g/mol. The molecule has 2 saturated heterocycles. The van der Waals surface area contributed by atoms with Crippen LogP contribution in [0.1, 0.15) is 38.5 Å². The van der Waals surface area contributed by atoms with E-state index in [1.807, 2.05) is 0 Å². The zero-order chi connectivity index (χ0) is 14.6. The fourth-order valence-corrected chi connectivity index (χ4v) is 3.16. The number of carbonyl (C=O) groups excluding carboxylic acids is 1. The molecule has 0 saturated carbocycles. The number of rotatable bonds is 4. The summed E-state index contributed by atoms with van der Waals surface area (Å²) in [6.45, 7) is 3.29. The Bertz CT molecular complexity index is 327. The summed E-state index contributed by atoms with van der Waals surface area (Å²) < 4.78 is 0. The first-order chi connectivity index (χ1) is 9.48. The minimum absolute atomic E-state index is 0.0797. The number of nitrogens with one attached hydrogen (secondary N) is 1. The molecule has 1 amide bonds. The molecule has 116 valence electrons. The van der Waals surface area contributed by atoms with Gasteiger partial charge in [-0.15, -0.1) is 0 Å². The number of carbonyl (C=O) groups is 1. The maximum atomic E-state index is 12.0. The van der Waals surface area contributed by atoms with Gasteiger partial charge in [0.15, 0.2) is 0 Å². The van der Waals surface area contributed by atoms with Crippen LogP contribution in [0.4, 0.5) is 0 Å². The van der Waals surface area contributed by atoms with Crippen molar-refractivity contribution in [1.29, 1.82) is 0 Å². The molecular formula is C15H29N3O2. The average Bonchev–Trinajstić information content (AvgIpc) is 2.43. The number of amides is 1. The molecule has 5 nitrogen and oxygen atoms in total. The molecular weight excluding hydrogens is 254 g/mol. The molecule has 20 heavy (non-hydrogen) atoms. The van der Waals surface area contributed by atoms with Gasteiger partial charge >= 0.3 is 0 Å². The topological polar surface area (TPSA) is 55.8 Å². The SMILES string of the molecule is CN1CCC(O)(CNC(=O)CC2CCCCN2C)CC1. The van der Waals surface area contributed by atoms with E-state index in [9.17, 15) is 9.90 Å². The van der Waals surface area contributed by atoms with Gasteiger partial charge in [0.2, 0.25) is 5.91 Å². The van der Waals surface area contributed by atoms with Gasteiger partial charge in [-0.1, -0.05) is 6.42 Å². The lowest BCUT2D eigenvalue weighted by Crippen LogP contribution is -2.50. The van der Waals surface area contributed by atoms with Crippen LogP contribution >= 0.6 is 0 Å². The standard InChI is InChI=1S/C15H29N3O2/c1-17-9-6-15(20,7-10-17)12-16-14(19)11-13-5-3-4-8-18(13)2/h13,20H,3-12H2,1-2H3,(H,16,19). The van der Waals surface area contributed by atoms with E-state index in [4.69, 9.17) is 0 Å². The Morgan fingerprint density at radius 1 is 1.25 bits per heavy atom. The summed E-state index contributed by atoms with van der Waals surface area (Å²) in [5.41, 5.74) is -0.708. The van der Waals surface area contributed by atoms with E-state index in [0.29, 0.717) is 19.0 Å². The van der Waals surface area contributed by atoms with Gasteiger partial charge in [-0.2, -0.15) is 0 Å². The van der Waals surface area contributed by atoms with E-state index >= 15 is 0 Å². The van der Waals surface area contributed by atoms with Crippen molar-refractivity contribution in [3.8, 4) is 0 Å². The highest BCUT2D eigenvalue weighted by molar-refractivity contribution is 5.76. The molecule has 0 aromatic rings. The van der Waals surface area contributed by atoms with Crippen LogP contribution in [0.25, 0.3) is 0 Å². The molecule has 2 aliphatic rings. The van der Waals surface area contributed by atoms with Gasteiger partial charge in [0, 0.05) is 32.1 Å². The van der Waals surface area contributed by atoms with Gasteiger partial charge in [-0.25, -0.2) is 0 Å². The molecule has 2 rings (SSSR count). The summed E-state index contributed by atoms with van der Waals surface area (Å²) in [5.74, 6) is 0.0797. The van der Waals surface area contributed by atoms with Crippen molar-refractivity contribution in [3.63, 3.8) is 0 Å². The van der Waals surface area contributed by atoms with Crippen LogP contribution in [0, 0.1) is 0 Å². The second-order valence-corrected chi connectivity index (χ2v) is 6.64. The first kappa shape index (κ1) is 15.7. The minimum atomic E-state index is -0.708. The predicted molar refractivity (Wildman–Crippen MR) is 79.6 cm³/mol. The van der Waals surface area contributed by atoms with Crippen molar-refractivity contribution in [2.45, 2.75) is 50.2 Å². The van der Waals surface area contributed by atoms with Gasteiger partial charge in [0.05, 0.1) is 5.60 Å². The van der Waals surface area contributed by atoms with Crippen molar-refractivity contribution in [2.24, 2.45) is 0 Å². The van der Waals surface area contributed by atoms with Gasteiger partial charge in [0.25, 0.3) is 0 Å². The van der Waals surface area contributed by atoms with Crippen LogP contribution in [-0.2, 0) is 4.79 Å². The normalized spacial score (nSPS) is 28.2. The minimum Gasteiger partial charge on any atom is -0.388 e. The second kappa shape index (κ2) is 6.87. The molecule has 0 aromatic carbocycles. The first-order valence-corrected chi connectivity index (χ1v) is 7.86. The largest absolute Gasteiger partial charge is 0.388 e. The molecule has 2 aliphatic heterocycles. The summed E-state index contributed by atoms with van der Waals surface area (Å²) in [6, 6.07) is 0.371. The Morgan fingerprint density at radius 2 is 1.95 bits per heavy atom. The van der Waals surface area contributed by atoms with E-state index in [1.165, 1.54) is 12.8 Å². The van der Waals surface area contributed by atoms with E-state index in [-0.39, 0.29) is 5.91 Å². The highest BCUT2D eigenvalue weighted by Gasteiger charge is 2.31. The number of likely N-dealkylation sites (tertiary alicyclic amines) is 2. The highest BCUT2D eigenvalue weighted by atomic mass is 16.3. The number of aliphatic hydroxyl groups is 1. The fourth-order valence-electron chi connectivity index (χ4n) is 3.16. The molecule has 0 bridgehead atoms. The van der Waals surface area contributed by atoms with Crippen molar-refractivity contribution in [2.75, 3.05) is 40.3 Å². The van der Waals surface area contributed by atoms with Crippen LogP contribution in [-0.4, -0.2) is 72.7 Å². The van der Waals surface area contributed by atoms with Crippen molar-refractivity contribution in [3.05, 3.63) is 0 Å². The van der Waals surface area contributed by atoms with E-state index in [0.717, 1.165) is 38.9 Å². The molecule has 0 aromatic heterocycles. The highest BCUT2D eigenvalue weighted by Crippen LogP contribution is 2.21. The van der Waals surface area contributed by atoms with Gasteiger partial charge in [-0.05, 0) is 46.3 Å². The molecule has 5 heteroatoms. The zero-order valence-electron chi connectivity index (χ0n) is 12.9. The van der Waals surface area contributed by atoms with Crippen molar-refractivity contribution in [1.82, 2.24) is 15.1 Å². The third kappa shape index (κ3) is 4.43. The second-order valence-electron chi connectivity index (χ2n) is 6.64. The number of hydrogen-bond acceptors (Lipinski definition) is 4. The predicted octanol–water partition coefficient (Wildman–Crippen LogP) is 0.434. The summed E-state index contributed by atoms with van der Waals surface area (Å²) >= 11 is 0. The first-order valence-electron chi connectivity index (χ1n) is 7.86. The van der Waals surface area contributed by atoms with Crippen LogP contribution < -0.4 is 5.32 Å². The Kier molecular flexibility index (Phi) is 5.41. The molecule has 0 aliphatic carbocycles. The van der Waals surface area contributed by atoms with Crippen LogP contribution in [0.3, 0.4) is 0 Å². The smallest absolute Gasteiger partial charge is 0.221 e. The molecule has 1 unspecified atom stereocenters. The molecule has 1 atom stereocenters. The Labute approximate surface area is 122 Å². The molecule has 0 radical (unpaired) electrons. The van der Waals surface area contributed by atoms with Gasteiger partial charge < -0.3 is 20.2 Å². The van der Waals surface area contributed by atoms with Crippen LogP contribution in [0.2, 0.25) is 0 Å². The Balaban J connectivity index is 1.71. The zero-order valence-corrected chi connectivity index (χ0v) is 12.9. The lowest BCUT2D eigenvalue weighted by Gasteiger charge is -2.37. The van der Waals surface area contributed by atoms with Crippen molar-refractivity contribution < 1.29 is 9.90 Å². The van der Waals surface area contributed by atoms with Crippen LogP contribution in [0.5, 0.6) is 0 Å². The monoisotopic (exact) mass is 283 g/mol. The molecule has 2 heterocycles. The number of piperidine rings is 2. The number of hydrogen-bond donors (Lipinski definition) is 2. The molecule has 0 spiro atoms.